The quantitative estimate of drug-likeness (QED) is 0.173. The summed E-state index contributed by atoms with van der Waals surface area (Å²) in [5.74, 6) is 0.606. The summed E-state index contributed by atoms with van der Waals surface area (Å²) in [7, 11) is 0. The number of hydrogen-bond donors (Lipinski definition) is 0. The molecule has 2 heterocycles. The lowest BCUT2D eigenvalue weighted by molar-refractivity contribution is 0.620. The van der Waals surface area contributed by atoms with Crippen molar-refractivity contribution in [2.45, 2.75) is 0 Å². The van der Waals surface area contributed by atoms with Gasteiger partial charge < -0.3 is 9.32 Å². The van der Waals surface area contributed by atoms with E-state index in [-0.39, 0.29) is 0 Å². The molecule has 236 valence electrons. The van der Waals surface area contributed by atoms with Crippen molar-refractivity contribution in [2.75, 3.05) is 4.90 Å². The van der Waals surface area contributed by atoms with Gasteiger partial charge in [-0.15, -0.1) is 0 Å². The Morgan fingerprint density at radius 3 is 1.50 bits per heavy atom. The number of fused-ring (bicyclic) bond motifs is 2. The van der Waals surface area contributed by atoms with Crippen LogP contribution in [-0.4, -0.2) is 15.0 Å². The SMILES string of the molecule is c1ccc(-c2cccc(-c3nc4ccccc4nc3-c3ccc(N(c4ccccc4)c4ccc(-c5nc6ccccc6o5)cc4)cc3)c2)cc1. The minimum absolute atomic E-state index is 0.606. The van der Waals surface area contributed by atoms with Gasteiger partial charge in [0.15, 0.2) is 5.58 Å². The molecule has 5 nitrogen and oxygen atoms in total. The third-order valence-corrected chi connectivity index (χ3v) is 8.89. The Hall–Kier alpha value is -6.85. The van der Waals surface area contributed by atoms with Gasteiger partial charge in [0.2, 0.25) is 5.89 Å². The van der Waals surface area contributed by atoms with E-state index in [2.05, 4.69) is 131 Å². The zero-order valence-corrected chi connectivity index (χ0v) is 27.0. The average Bonchev–Trinajstić information content (AvgIpc) is 3.64. The highest BCUT2D eigenvalue weighted by Crippen LogP contribution is 2.38. The van der Waals surface area contributed by atoms with E-state index < -0.39 is 0 Å². The van der Waals surface area contributed by atoms with Gasteiger partial charge in [-0.05, 0) is 90.0 Å². The van der Waals surface area contributed by atoms with E-state index in [9.17, 15) is 0 Å². The van der Waals surface area contributed by atoms with Crippen molar-refractivity contribution >= 4 is 39.2 Å². The molecule has 5 heteroatoms. The van der Waals surface area contributed by atoms with E-state index in [1.54, 1.807) is 0 Å². The van der Waals surface area contributed by atoms with Gasteiger partial charge in [0, 0.05) is 33.8 Å². The predicted molar refractivity (Wildman–Crippen MR) is 204 cm³/mol. The fourth-order valence-electron chi connectivity index (χ4n) is 6.42. The van der Waals surface area contributed by atoms with Gasteiger partial charge >= 0.3 is 0 Å². The number of para-hydroxylation sites is 5. The number of rotatable bonds is 7. The highest BCUT2D eigenvalue weighted by molar-refractivity contribution is 5.88. The van der Waals surface area contributed by atoms with E-state index in [1.807, 2.05) is 60.7 Å². The molecule has 2 aromatic heterocycles. The molecule has 0 aliphatic carbocycles. The summed E-state index contributed by atoms with van der Waals surface area (Å²) < 4.78 is 6.04. The van der Waals surface area contributed by atoms with Crippen LogP contribution in [0.1, 0.15) is 0 Å². The zero-order chi connectivity index (χ0) is 33.3. The molecule has 9 aromatic rings. The van der Waals surface area contributed by atoms with Crippen LogP contribution in [0.2, 0.25) is 0 Å². The Morgan fingerprint density at radius 1 is 0.340 bits per heavy atom. The number of anilines is 3. The lowest BCUT2D eigenvalue weighted by atomic mass is 9.98. The Bertz CT molecular complexity index is 2550. The first-order chi connectivity index (χ1) is 24.8. The van der Waals surface area contributed by atoms with Crippen LogP contribution in [0.5, 0.6) is 0 Å². The summed E-state index contributed by atoms with van der Waals surface area (Å²) in [6.45, 7) is 0. The minimum atomic E-state index is 0.606. The Kier molecular flexibility index (Phi) is 7.41. The number of oxazole rings is 1. The molecule has 0 aliphatic heterocycles. The number of hydrogen-bond acceptors (Lipinski definition) is 5. The highest BCUT2D eigenvalue weighted by atomic mass is 16.3. The molecule has 0 fully saturated rings. The minimum Gasteiger partial charge on any atom is -0.436 e. The monoisotopic (exact) mass is 642 g/mol. The van der Waals surface area contributed by atoms with Crippen LogP contribution >= 0.6 is 0 Å². The van der Waals surface area contributed by atoms with E-state index in [0.29, 0.717) is 5.89 Å². The van der Waals surface area contributed by atoms with Crippen molar-refractivity contribution in [3.63, 3.8) is 0 Å². The second kappa shape index (κ2) is 12.6. The van der Waals surface area contributed by atoms with Gasteiger partial charge in [-0.1, -0.05) is 103 Å². The summed E-state index contributed by atoms with van der Waals surface area (Å²) in [5.41, 5.74) is 13.4. The topological polar surface area (TPSA) is 55.1 Å². The van der Waals surface area contributed by atoms with E-state index >= 15 is 0 Å². The fourth-order valence-corrected chi connectivity index (χ4v) is 6.42. The van der Waals surface area contributed by atoms with Gasteiger partial charge in [0.1, 0.15) is 5.52 Å². The maximum Gasteiger partial charge on any atom is 0.227 e. The largest absolute Gasteiger partial charge is 0.436 e. The standard InChI is InChI=1S/C45H30N4O/c1-3-12-31(13-4-1)34-14-11-15-35(30-34)44-43(46-39-18-7-8-19-40(39)47-44)32-22-26-37(27-23-32)49(36-16-5-2-6-17-36)38-28-24-33(25-29-38)45-48-41-20-9-10-21-42(41)50-45/h1-30H. The van der Waals surface area contributed by atoms with Gasteiger partial charge in [0.05, 0.1) is 22.4 Å². The Morgan fingerprint density at radius 2 is 0.840 bits per heavy atom. The van der Waals surface area contributed by atoms with Gasteiger partial charge in [-0.2, -0.15) is 0 Å². The van der Waals surface area contributed by atoms with Crippen LogP contribution in [0, 0.1) is 0 Å². The zero-order valence-electron chi connectivity index (χ0n) is 27.0. The lowest BCUT2D eigenvalue weighted by Gasteiger charge is -2.25. The molecular weight excluding hydrogens is 613 g/mol. The van der Waals surface area contributed by atoms with Crippen LogP contribution in [0.4, 0.5) is 17.1 Å². The molecule has 7 aromatic carbocycles. The molecular formula is C45H30N4O. The van der Waals surface area contributed by atoms with Crippen molar-refractivity contribution in [3.05, 3.63) is 182 Å². The summed E-state index contributed by atoms with van der Waals surface area (Å²) in [6.07, 6.45) is 0. The van der Waals surface area contributed by atoms with Crippen molar-refractivity contribution in [3.8, 4) is 45.1 Å². The van der Waals surface area contributed by atoms with Gasteiger partial charge in [-0.3, -0.25) is 0 Å². The number of benzene rings is 7. The smallest absolute Gasteiger partial charge is 0.227 e. The normalized spacial score (nSPS) is 11.2. The molecule has 0 saturated heterocycles. The average molecular weight is 643 g/mol. The molecule has 0 saturated carbocycles. The first kappa shape index (κ1) is 29.3. The van der Waals surface area contributed by atoms with Crippen molar-refractivity contribution in [1.29, 1.82) is 0 Å². The summed E-state index contributed by atoms with van der Waals surface area (Å²) in [6, 6.07) is 62.2. The van der Waals surface area contributed by atoms with Gasteiger partial charge in [-0.25, -0.2) is 15.0 Å². The van der Waals surface area contributed by atoms with Crippen LogP contribution < -0.4 is 4.90 Å². The van der Waals surface area contributed by atoms with Crippen LogP contribution in [0.3, 0.4) is 0 Å². The van der Waals surface area contributed by atoms with Crippen molar-refractivity contribution in [2.24, 2.45) is 0 Å². The molecule has 0 unspecified atom stereocenters. The third-order valence-electron chi connectivity index (χ3n) is 8.89. The first-order valence-corrected chi connectivity index (χ1v) is 16.6. The third kappa shape index (κ3) is 5.57. The molecule has 0 N–H and O–H groups in total. The summed E-state index contributed by atoms with van der Waals surface area (Å²) >= 11 is 0. The van der Waals surface area contributed by atoms with Gasteiger partial charge in [0.25, 0.3) is 0 Å². The Balaban J connectivity index is 1.11. The van der Waals surface area contributed by atoms with Crippen molar-refractivity contribution in [1.82, 2.24) is 15.0 Å². The summed E-state index contributed by atoms with van der Waals surface area (Å²) in [4.78, 5) is 17.3. The molecule has 0 aliphatic rings. The first-order valence-electron chi connectivity index (χ1n) is 16.6. The molecule has 0 radical (unpaired) electrons. The summed E-state index contributed by atoms with van der Waals surface area (Å²) in [5, 5.41) is 0. The second-order valence-electron chi connectivity index (χ2n) is 12.1. The number of nitrogens with zero attached hydrogens (tertiary/aromatic N) is 4. The molecule has 50 heavy (non-hydrogen) atoms. The van der Waals surface area contributed by atoms with E-state index in [0.717, 1.165) is 78.4 Å². The van der Waals surface area contributed by atoms with E-state index in [4.69, 9.17) is 14.4 Å². The lowest BCUT2D eigenvalue weighted by Crippen LogP contribution is -2.09. The fraction of sp³-hybridized carbons (Fsp3) is 0. The molecule has 0 bridgehead atoms. The molecule has 0 amide bonds. The highest BCUT2D eigenvalue weighted by Gasteiger charge is 2.17. The molecule has 0 spiro atoms. The predicted octanol–water partition coefficient (Wildman–Crippen LogP) is 11.9. The number of aromatic nitrogens is 3. The van der Waals surface area contributed by atoms with Crippen LogP contribution in [-0.2, 0) is 0 Å². The van der Waals surface area contributed by atoms with Crippen LogP contribution in [0.15, 0.2) is 186 Å². The molecule has 9 rings (SSSR count). The van der Waals surface area contributed by atoms with Crippen LogP contribution in [0.25, 0.3) is 67.2 Å². The molecule has 0 atom stereocenters. The Labute approximate surface area is 289 Å². The maximum absolute atomic E-state index is 6.04. The maximum atomic E-state index is 6.04. The van der Waals surface area contributed by atoms with E-state index in [1.165, 1.54) is 0 Å². The second-order valence-corrected chi connectivity index (χ2v) is 12.1. The van der Waals surface area contributed by atoms with Crippen molar-refractivity contribution < 1.29 is 4.42 Å².